The molecule has 2 rings (SSSR count). The van der Waals surface area contributed by atoms with E-state index in [1.54, 1.807) is 0 Å². The molecule has 3 nitrogen and oxygen atoms in total. The molecule has 1 heterocycles. The minimum Gasteiger partial charge on any atom is -0.304 e. The summed E-state index contributed by atoms with van der Waals surface area (Å²) in [4.78, 5) is 0. The fraction of sp³-hybridized carbons (Fsp3) is 0.438. The average Bonchev–Trinajstić information content (AvgIpc) is 2.92. The lowest BCUT2D eigenvalue weighted by molar-refractivity contribution is 0.468. The molecule has 20 heavy (non-hydrogen) atoms. The molecule has 1 aromatic heterocycles. The summed E-state index contributed by atoms with van der Waals surface area (Å²) in [5, 5.41) is 8.13. The third-order valence-electron chi connectivity index (χ3n) is 3.64. The number of nitrogens with zero attached hydrogens (tertiary/aromatic N) is 2. The summed E-state index contributed by atoms with van der Waals surface area (Å²) in [6.45, 7) is 7.33. The Morgan fingerprint density at radius 3 is 2.80 bits per heavy atom. The maximum absolute atomic E-state index is 4.61. The van der Waals surface area contributed by atoms with E-state index in [2.05, 4.69) is 77.6 Å². The molecule has 0 fully saturated rings. The van der Waals surface area contributed by atoms with E-state index in [0.717, 1.165) is 23.1 Å². The molecule has 0 bridgehead atoms. The molecule has 0 aliphatic rings. The van der Waals surface area contributed by atoms with Crippen molar-refractivity contribution in [3.8, 4) is 0 Å². The van der Waals surface area contributed by atoms with E-state index >= 15 is 0 Å². The maximum atomic E-state index is 4.61. The van der Waals surface area contributed by atoms with Crippen LogP contribution in [0.5, 0.6) is 0 Å². The van der Waals surface area contributed by atoms with Crippen LogP contribution < -0.4 is 5.32 Å². The molecule has 1 N–H and O–H groups in total. The Morgan fingerprint density at radius 2 is 2.10 bits per heavy atom. The first-order valence-corrected chi connectivity index (χ1v) is 7.92. The molecule has 0 saturated carbocycles. The summed E-state index contributed by atoms with van der Waals surface area (Å²) >= 11 is 3.51. The van der Waals surface area contributed by atoms with Gasteiger partial charge in [-0.2, -0.15) is 5.10 Å². The van der Waals surface area contributed by atoms with E-state index in [4.69, 9.17) is 0 Å². The Kier molecular flexibility index (Phi) is 5.38. The summed E-state index contributed by atoms with van der Waals surface area (Å²) in [6, 6.07) is 11.3. The summed E-state index contributed by atoms with van der Waals surface area (Å²) < 4.78 is 3.16. The fourth-order valence-corrected chi connectivity index (χ4v) is 2.47. The minimum absolute atomic E-state index is 0.307. The minimum atomic E-state index is 0.307. The van der Waals surface area contributed by atoms with Crippen molar-refractivity contribution in [1.82, 2.24) is 15.1 Å². The van der Waals surface area contributed by atoms with Gasteiger partial charge in [-0.05, 0) is 44.0 Å². The lowest BCUT2D eigenvalue weighted by Gasteiger charge is -2.14. The predicted molar refractivity (Wildman–Crippen MR) is 86.6 cm³/mol. The van der Waals surface area contributed by atoms with Crippen molar-refractivity contribution in [2.75, 3.05) is 0 Å². The third-order valence-corrected chi connectivity index (χ3v) is 4.14. The highest BCUT2D eigenvalue weighted by Crippen LogP contribution is 2.18. The number of halogens is 1. The van der Waals surface area contributed by atoms with Gasteiger partial charge in [0, 0.05) is 29.3 Å². The maximum Gasteiger partial charge on any atom is 0.0762 e. The zero-order valence-corrected chi connectivity index (χ0v) is 13.9. The van der Waals surface area contributed by atoms with Gasteiger partial charge in [-0.15, -0.1) is 0 Å². The van der Waals surface area contributed by atoms with Crippen molar-refractivity contribution in [1.29, 1.82) is 0 Å². The van der Waals surface area contributed by atoms with Crippen molar-refractivity contribution in [2.24, 2.45) is 0 Å². The van der Waals surface area contributed by atoms with Crippen LogP contribution in [0.25, 0.3) is 0 Å². The van der Waals surface area contributed by atoms with Gasteiger partial charge in [-0.25, -0.2) is 0 Å². The summed E-state index contributed by atoms with van der Waals surface area (Å²) in [7, 11) is 0. The SMILES string of the molecule is CCC(C)n1ccc(CNC(C)c2cccc(Br)c2)n1. The van der Waals surface area contributed by atoms with E-state index in [0.29, 0.717) is 12.1 Å². The molecule has 108 valence electrons. The van der Waals surface area contributed by atoms with E-state index in [1.165, 1.54) is 5.56 Å². The summed E-state index contributed by atoms with van der Waals surface area (Å²) in [5.74, 6) is 0. The van der Waals surface area contributed by atoms with Crippen LogP contribution in [0.15, 0.2) is 41.0 Å². The second-order valence-corrected chi connectivity index (χ2v) is 6.12. The molecular weight excluding hydrogens is 314 g/mol. The van der Waals surface area contributed by atoms with Crippen molar-refractivity contribution >= 4 is 15.9 Å². The Morgan fingerprint density at radius 1 is 1.30 bits per heavy atom. The number of rotatable bonds is 6. The van der Waals surface area contributed by atoms with Crippen LogP contribution in [0.2, 0.25) is 0 Å². The van der Waals surface area contributed by atoms with E-state index in [9.17, 15) is 0 Å². The van der Waals surface area contributed by atoms with Gasteiger partial charge < -0.3 is 5.32 Å². The molecule has 1 aromatic carbocycles. The number of hydrogen-bond donors (Lipinski definition) is 1. The highest BCUT2D eigenvalue weighted by Gasteiger charge is 2.08. The molecule has 0 amide bonds. The largest absolute Gasteiger partial charge is 0.304 e. The van der Waals surface area contributed by atoms with Crippen molar-refractivity contribution in [3.05, 3.63) is 52.3 Å². The summed E-state index contributed by atoms with van der Waals surface area (Å²) in [6.07, 6.45) is 3.16. The molecule has 2 atom stereocenters. The van der Waals surface area contributed by atoms with Crippen molar-refractivity contribution < 1.29 is 0 Å². The predicted octanol–water partition coefficient (Wildman–Crippen LogP) is 4.47. The Balaban J connectivity index is 1.93. The first kappa shape index (κ1) is 15.3. The van der Waals surface area contributed by atoms with Gasteiger partial charge in [0.15, 0.2) is 0 Å². The monoisotopic (exact) mass is 335 g/mol. The fourth-order valence-electron chi connectivity index (χ4n) is 2.06. The van der Waals surface area contributed by atoms with Crippen LogP contribution in [0.3, 0.4) is 0 Å². The van der Waals surface area contributed by atoms with Crippen LogP contribution in [0, 0.1) is 0 Å². The topological polar surface area (TPSA) is 29.9 Å². The van der Waals surface area contributed by atoms with Crippen molar-refractivity contribution in [2.45, 2.75) is 45.8 Å². The first-order valence-electron chi connectivity index (χ1n) is 7.13. The van der Waals surface area contributed by atoms with Crippen molar-refractivity contribution in [3.63, 3.8) is 0 Å². The molecule has 2 unspecified atom stereocenters. The molecule has 4 heteroatoms. The molecule has 0 spiro atoms. The van der Waals surface area contributed by atoms with E-state index in [-0.39, 0.29) is 0 Å². The Bertz CT molecular complexity index is 550. The van der Waals surface area contributed by atoms with Gasteiger partial charge in [0.2, 0.25) is 0 Å². The highest BCUT2D eigenvalue weighted by atomic mass is 79.9. The molecule has 2 aromatic rings. The molecular formula is C16H22BrN3. The summed E-state index contributed by atoms with van der Waals surface area (Å²) in [5.41, 5.74) is 2.37. The molecule has 0 aliphatic carbocycles. The van der Waals surface area contributed by atoms with E-state index in [1.807, 2.05) is 10.7 Å². The third kappa shape index (κ3) is 3.93. The van der Waals surface area contributed by atoms with Gasteiger partial charge in [-0.3, -0.25) is 4.68 Å². The van der Waals surface area contributed by atoms with E-state index < -0.39 is 0 Å². The zero-order valence-electron chi connectivity index (χ0n) is 12.3. The van der Waals surface area contributed by atoms with Crippen LogP contribution in [-0.2, 0) is 6.54 Å². The second-order valence-electron chi connectivity index (χ2n) is 5.20. The van der Waals surface area contributed by atoms with Crippen LogP contribution >= 0.6 is 15.9 Å². The number of hydrogen-bond acceptors (Lipinski definition) is 2. The van der Waals surface area contributed by atoms with Gasteiger partial charge in [-0.1, -0.05) is 35.0 Å². The Hall–Kier alpha value is -1.13. The highest BCUT2D eigenvalue weighted by molar-refractivity contribution is 9.10. The smallest absolute Gasteiger partial charge is 0.0762 e. The van der Waals surface area contributed by atoms with Gasteiger partial charge in [0.1, 0.15) is 0 Å². The number of nitrogens with one attached hydrogen (secondary N) is 1. The number of benzene rings is 1. The van der Waals surface area contributed by atoms with Crippen LogP contribution in [0.1, 0.15) is 50.5 Å². The quantitative estimate of drug-likeness (QED) is 0.844. The Labute approximate surface area is 129 Å². The lowest BCUT2D eigenvalue weighted by atomic mass is 10.1. The zero-order chi connectivity index (χ0) is 14.5. The van der Waals surface area contributed by atoms with Gasteiger partial charge >= 0.3 is 0 Å². The molecule has 0 saturated heterocycles. The normalized spacial score (nSPS) is 14.2. The lowest BCUT2D eigenvalue weighted by Crippen LogP contribution is -2.18. The number of aromatic nitrogens is 2. The molecule has 0 radical (unpaired) electrons. The van der Waals surface area contributed by atoms with Gasteiger partial charge in [0.25, 0.3) is 0 Å². The van der Waals surface area contributed by atoms with Gasteiger partial charge in [0.05, 0.1) is 5.69 Å². The standard InChI is InChI=1S/C16H22BrN3/c1-4-12(2)20-9-8-16(19-20)11-18-13(3)14-6-5-7-15(17)10-14/h5-10,12-13,18H,4,11H2,1-3H3. The molecule has 0 aliphatic heterocycles. The second kappa shape index (κ2) is 7.04. The average molecular weight is 336 g/mol. The van der Waals surface area contributed by atoms with Crippen LogP contribution in [0.4, 0.5) is 0 Å². The van der Waals surface area contributed by atoms with Crippen LogP contribution in [-0.4, -0.2) is 9.78 Å². The first-order chi connectivity index (χ1) is 9.60.